The molecule has 0 bridgehead atoms. The molecule has 1 rings (SSSR count). The third-order valence-electron chi connectivity index (χ3n) is 1.73. The molecule has 0 heterocycles. The predicted octanol–water partition coefficient (Wildman–Crippen LogP) is 1.63. The van der Waals surface area contributed by atoms with E-state index in [4.69, 9.17) is 10.4 Å². The summed E-state index contributed by atoms with van der Waals surface area (Å²) in [6.07, 6.45) is 5.03. The van der Waals surface area contributed by atoms with E-state index in [9.17, 15) is 4.79 Å². The summed E-state index contributed by atoms with van der Waals surface area (Å²) < 4.78 is 0. The maximum atomic E-state index is 10.2. The van der Waals surface area contributed by atoms with Crippen molar-refractivity contribution >= 4 is 5.97 Å². The van der Waals surface area contributed by atoms with Crippen LogP contribution in [0.25, 0.3) is 0 Å². The SMILES string of the molecule is N#CC1=CC(=CCC(=O)O)CC1. The molecule has 0 fully saturated rings. The molecule has 3 nitrogen and oxygen atoms in total. The Bertz CT molecular complexity index is 294. The zero-order valence-corrected chi connectivity index (χ0v) is 6.58. The summed E-state index contributed by atoms with van der Waals surface area (Å²) in [4.78, 5) is 10.2. The highest BCUT2D eigenvalue weighted by molar-refractivity contribution is 5.69. The van der Waals surface area contributed by atoms with Gasteiger partial charge in [0.05, 0.1) is 12.5 Å². The average molecular weight is 163 g/mol. The van der Waals surface area contributed by atoms with Crippen LogP contribution >= 0.6 is 0 Å². The standard InChI is InChI=1S/C9H9NO2/c10-6-8-2-1-7(5-8)3-4-9(11)12/h3,5H,1-2,4H2,(H,11,12). The average Bonchev–Trinajstić information content (AvgIpc) is 2.48. The normalized spacial score (nSPS) is 18.9. The fourth-order valence-corrected chi connectivity index (χ4v) is 1.11. The van der Waals surface area contributed by atoms with Gasteiger partial charge in [0.2, 0.25) is 0 Å². The van der Waals surface area contributed by atoms with E-state index in [2.05, 4.69) is 6.07 Å². The van der Waals surface area contributed by atoms with Crippen LogP contribution in [0.4, 0.5) is 0 Å². The van der Waals surface area contributed by atoms with Gasteiger partial charge in [-0.3, -0.25) is 4.79 Å². The molecule has 0 aromatic carbocycles. The third kappa shape index (κ3) is 2.24. The third-order valence-corrected chi connectivity index (χ3v) is 1.73. The maximum absolute atomic E-state index is 10.2. The van der Waals surface area contributed by atoms with Crippen LogP contribution < -0.4 is 0 Å². The number of rotatable bonds is 2. The molecule has 0 saturated heterocycles. The number of hydrogen-bond donors (Lipinski definition) is 1. The van der Waals surface area contributed by atoms with Crippen molar-refractivity contribution in [2.45, 2.75) is 19.3 Å². The number of carboxylic acids is 1. The highest BCUT2D eigenvalue weighted by Gasteiger charge is 2.08. The second-order valence-electron chi connectivity index (χ2n) is 2.66. The second kappa shape index (κ2) is 3.72. The van der Waals surface area contributed by atoms with Gasteiger partial charge in [-0.25, -0.2) is 0 Å². The monoisotopic (exact) mass is 163 g/mol. The Morgan fingerprint density at radius 2 is 2.50 bits per heavy atom. The summed E-state index contributed by atoms with van der Waals surface area (Å²) >= 11 is 0. The Morgan fingerprint density at radius 1 is 1.75 bits per heavy atom. The number of nitriles is 1. The molecule has 1 aliphatic rings. The van der Waals surface area contributed by atoms with Crippen molar-refractivity contribution in [3.05, 3.63) is 23.3 Å². The molecule has 0 unspecified atom stereocenters. The Hall–Kier alpha value is -1.56. The number of aliphatic carboxylic acids is 1. The van der Waals surface area contributed by atoms with Crippen LogP contribution in [0.2, 0.25) is 0 Å². The molecular formula is C9H9NO2. The fraction of sp³-hybridized carbons (Fsp3) is 0.333. The number of carbonyl (C=O) groups is 1. The van der Waals surface area contributed by atoms with E-state index in [0.29, 0.717) is 0 Å². The quantitative estimate of drug-likeness (QED) is 0.673. The zero-order valence-electron chi connectivity index (χ0n) is 6.58. The van der Waals surface area contributed by atoms with Crippen LogP contribution in [-0.2, 0) is 4.79 Å². The number of carboxylic acid groups (broad SMARTS) is 1. The topological polar surface area (TPSA) is 61.1 Å². The molecule has 0 radical (unpaired) electrons. The van der Waals surface area contributed by atoms with Crippen LogP contribution in [0.1, 0.15) is 19.3 Å². The van der Waals surface area contributed by atoms with Gasteiger partial charge in [0.15, 0.2) is 0 Å². The van der Waals surface area contributed by atoms with E-state index in [1.807, 2.05) is 0 Å². The summed E-state index contributed by atoms with van der Waals surface area (Å²) in [5.74, 6) is -0.832. The predicted molar refractivity (Wildman–Crippen MR) is 43.3 cm³/mol. The van der Waals surface area contributed by atoms with Gasteiger partial charge in [-0.2, -0.15) is 5.26 Å². The fourth-order valence-electron chi connectivity index (χ4n) is 1.11. The molecule has 0 aliphatic heterocycles. The Balaban J connectivity index is 2.57. The van der Waals surface area contributed by atoms with Crippen LogP contribution in [0, 0.1) is 11.3 Å². The van der Waals surface area contributed by atoms with E-state index >= 15 is 0 Å². The van der Waals surface area contributed by atoms with Crippen LogP contribution in [0.15, 0.2) is 23.3 Å². The summed E-state index contributed by atoms with van der Waals surface area (Å²) in [7, 11) is 0. The van der Waals surface area contributed by atoms with Crippen LogP contribution in [-0.4, -0.2) is 11.1 Å². The number of allylic oxidation sites excluding steroid dienone is 3. The zero-order chi connectivity index (χ0) is 8.97. The van der Waals surface area contributed by atoms with Gasteiger partial charge < -0.3 is 5.11 Å². The van der Waals surface area contributed by atoms with E-state index in [1.54, 1.807) is 12.2 Å². The molecule has 0 aromatic heterocycles. The largest absolute Gasteiger partial charge is 0.481 e. The van der Waals surface area contributed by atoms with Gasteiger partial charge in [-0.1, -0.05) is 11.6 Å². The van der Waals surface area contributed by atoms with Crippen molar-refractivity contribution in [3.63, 3.8) is 0 Å². The summed E-state index contributed by atoms with van der Waals surface area (Å²) in [5.41, 5.74) is 1.71. The number of hydrogen-bond acceptors (Lipinski definition) is 2. The molecule has 3 heteroatoms. The van der Waals surface area contributed by atoms with E-state index in [1.165, 1.54) is 0 Å². The van der Waals surface area contributed by atoms with E-state index < -0.39 is 5.97 Å². The lowest BCUT2D eigenvalue weighted by Crippen LogP contribution is -1.90. The van der Waals surface area contributed by atoms with E-state index in [-0.39, 0.29) is 6.42 Å². The van der Waals surface area contributed by atoms with Crippen molar-refractivity contribution in [3.8, 4) is 6.07 Å². The first-order valence-electron chi connectivity index (χ1n) is 3.74. The lowest BCUT2D eigenvalue weighted by molar-refractivity contribution is -0.136. The molecular weight excluding hydrogens is 154 g/mol. The van der Waals surface area contributed by atoms with Gasteiger partial charge in [-0.05, 0) is 18.9 Å². The van der Waals surface area contributed by atoms with Crippen molar-refractivity contribution in [2.24, 2.45) is 0 Å². The first-order valence-corrected chi connectivity index (χ1v) is 3.74. The molecule has 0 atom stereocenters. The molecule has 0 amide bonds. The van der Waals surface area contributed by atoms with Crippen molar-refractivity contribution in [1.29, 1.82) is 5.26 Å². The van der Waals surface area contributed by atoms with Crippen molar-refractivity contribution in [2.75, 3.05) is 0 Å². The van der Waals surface area contributed by atoms with Gasteiger partial charge in [0.1, 0.15) is 0 Å². The molecule has 1 aliphatic carbocycles. The van der Waals surface area contributed by atoms with Crippen LogP contribution in [0.3, 0.4) is 0 Å². The Labute approximate surface area is 70.6 Å². The second-order valence-corrected chi connectivity index (χ2v) is 2.66. The summed E-state index contributed by atoms with van der Waals surface area (Å²) in [5, 5.41) is 16.9. The Kier molecular flexibility index (Phi) is 2.65. The molecule has 1 N–H and O–H groups in total. The lowest BCUT2D eigenvalue weighted by atomic mass is 10.2. The first kappa shape index (κ1) is 8.54. The summed E-state index contributed by atoms with van der Waals surface area (Å²) in [6, 6.07) is 2.05. The van der Waals surface area contributed by atoms with Gasteiger partial charge in [-0.15, -0.1) is 0 Å². The number of nitrogens with zero attached hydrogens (tertiary/aromatic N) is 1. The minimum atomic E-state index is -0.832. The minimum Gasteiger partial charge on any atom is -0.481 e. The van der Waals surface area contributed by atoms with Gasteiger partial charge in [0, 0.05) is 5.57 Å². The Morgan fingerprint density at radius 3 is 3.00 bits per heavy atom. The molecule has 62 valence electrons. The highest BCUT2D eigenvalue weighted by Crippen LogP contribution is 2.22. The lowest BCUT2D eigenvalue weighted by Gasteiger charge is -1.89. The molecule has 0 saturated carbocycles. The molecule has 0 spiro atoms. The van der Waals surface area contributed by atoms with E-state index in [0.717, 1.165) is 24.0 Å². The maximum Gasteiger partial charge on any atom is 0.307 e. The van der Waals surface area contributed by atoms with Crippen molar-refractivity contribution < 1.29 is 9.90 Å². The van der Waals surface area contributed by atoms with Crippen LogP contribution in [0.5, 0.6) is 0 Å². The van der Waals surface area contributed by atoms with Crippen molar-refractivity contribution in [1.82, 2.24) is 0 Å². The first-order chi connectivity index (χ1) is 5.72. The van der Waals surface area contributed by atoms with Gasteiger partial charge in [0.25, 0.3) is 0 Å². The summed E-state index contributed by atoms with van der Waals surface area (Å²) in [6.45, 7) is 0. The molecule has 0 aromatic rings. The smallest absolute Gasteiger partial charge is 0.307 e. The van der Waals surface area contributed by atoms with Gasteiger partial charge >= 0.3 is 5.97 Å². The minimum absolute atomic E-state index is 0.0462. The molecule has 12 heavy (non-hydrogen) atoms. The highest BCUT2D eigenvalue weighted by atomic mass is 16.4.